The molecule has 0 radical (unpaired) electrons. The smallest absolute Gasteiger partial charge is 0.345 e. The zero-order chi connectivity index (χ0) is 20.1. The zero-order valence-electron chi connectivity index (χ0n) is 15.2. The number of amidine groups is 1. The summed E-state index contributed by atoms with van der Waals surface area (Å²) in [5.41, 5.74) is 0.750. The minimum absolute atomic E-state index is 0.114. The minimum Gasteiger partial charge on any atom is -0.423 e. The molecule has 2 aliphatic rings. The molecule has 0 aliphatic carbocycles. The molecule has 0 saturated carbocycles. The number of ether oxygens (including phenoxy) is 1. The number of carbonyl (C=O) groups excluding carboxylic acids is 2. The number of nitrogens with one attached hydrogen (secondary N) is 2. The fourth-order valence-electron chi connectivity index (χ4n) is 2.54. The molecule has 1 aromatic rings. The molecule has 0 saturated heterocycles. The van der Waals surface area contributed by atoms with Crippen molar-refractivity contribution < 1.29 is 22.7 Å². The van der Waals surface area contributed by atoms with Crippen LogP contribution in [0.3, 0.4) is 0 Å². The zero-order valence-corrected chi connectivity index (χ0v) is 16.0. The van der Waals surface area contributed by atoms with Gasteiger partial charge >= 0.3 is 12.0 Å². The van der Waals surface area contributed by atoms with E-state index in [9.17, 15) is 18.0 Å². The predicted octanol–water partition coefficient (Wildman–Crippen LogP) is 1.62. The first kappa shape index (κ1) is 19.6. The van der Waals surface area contributed by atoms with E-state index in [0.717, 1.165) is 6.42 Å². The van der Waals surface area contributed by atoms with E-state index in [1.807, 2.05) is 6.92 Å². The van der Waals surface area contributed by atoms with E-state index in [2.05, 4.69) is 15.0 Å². The van der Waals surface area contributed by atoms with Gasteiger partial charge in [0.25, 0.3) is 10.0 Å². The Bertz CT molecular complexity index is 981. The van der Waals surface area contributed by atoms with Gasteiger partial charge in [-0.05, 0) is 30.7 Å². The Morgan fingerprint density at radius 1 is 1.29 bits per heavy atom. The summed E-state index contributed by atoms with van der Waals surface area (Å²) in [4.78, 5) is 25.7. The lowest BCUT2D eigenvalue weighted by Gasteiger charge is -2.26. The van der Waals surface area contributed by atoms with Gasteiger partial charge in [-0.25, -0.2) is 18.0 Å². The van der Waals surface area contributed by atoms with E-state index in [1.165, 1.54) is 24.4 Å². The summed E-state index contributed by atoms with van der Waals surface area (Å²) in [6, 6.07) is 6.13. The second kappa shape index (κ2) is 8.26. The van der Waals surface area contributed by atoms with Crippen LogP contribution in [-0.4, -0.2) is 50.0 Å². The van der Waals surface area contributed by atoms with E-state index in [0.29, 0.717) is 12.2 Å². The first-order chi connectivity index (χ1) is 13.4. The summed E-state index contributed by atoms with van der Waals surface area (Å²) in [6.07, 6.45) is 5.25. The highest BCUT2D eigenvalue weighted by Gasteiger charge is 2.25. The van der Waals surface area contributed by atoms with E-state index in [1.54, 1.807) is 23.1 Å². The molecule has 1 aromatic carbocycles. The Balaban J connectivity index is 1.66. The van der Waals surface area contributed by atoms with Gasteiger partial charge in [-0.1, -0.05) is 13.0 Å². The van der Waals surface area contributed by atoms with E-state index in [-0.39, 0.29) is 35.5 Å². The number of anilines is 1. The molecule has 0 fully saturated rings. The van der Waals surface area contributed by atoms with Crippen molar-refractivity contribution in [3.8, 4) is 5.75 Å². The average molecular weight is 404 g/mol. The maximum absolute atomic E-state index is 12.4. The fourth-order valence-corrected chi connectivity index (χ4v) is 3.51. The SMILES string of the molecule is CCCNC(=O)Nc1cccc(OC(=O)C2=CN3CCS(=O)(=O)N=C3C=C2)c1. The molecule has 2 heterocycles. The monoisotopic (exact) mass is 404 g/mol. The molecule has 3 rings (SSSR count). The number of rotatable bonds is 5. The predicted molar refractivity (Wildman–Crippen MR) is 105 cm³/mol. The lowest BCUT2D eigenvalue weighted by molar-refractivity contribution is -0.129. The number of hydrogen-bond donors (Lipinski definition) is 2. The van der Waals surface area contributed by atoms with Gasteiger partial charge in [0.1, 0.15) is 11.6 Å². The Morgan fingerprint density at radius 2 is 2.11 bits per heavy atom. The quantitative estimate of drug-likeness (QED) is 0.569. The van der Waals surface area contributed by atoms with Crippen LogP contribution in [0.2, 0.25) is 0 Å². The van der Waals surface area contributed by atoms with Gasteiger partial charge in [0.05, 0.1) is 11.3 Å². The second-order valence-electron chi connectivity index (χ2n) is 6.14. The largest absolute Gasteiger partial charge is 0.423 e. The number of sulfonamides is 1. The molecule has 2 amide bonds. The third-order valence-electron chi connectivity index (χ3n) is 3.90. The van der Waals surface area contributed by atoms with Crippen LogP contribution in [0.15, 0.2) is 52.6 Å². The lowest BCUT2D eigenvalue weighted by Crippen LogP contribution is -2.37. The molecule has 28 heavy (non-hydrogen) atoms. The molecular formula is C18H20N4O5S. The molecule has 2 aliphatic heterocycles. The molecule has 0 bridgehead atoms. The minimum atomic E-state index is -3.45. The number of fused-ring (bicyclic) bond motifs is 1. The number of urea groups is 1. The van der Waals surface area contributed by atoms with Gasteiger partial charge in [0.2, 0.25) is 0 Å². The van der Waals surface area contributed by atoms with Gasteiger partial charge in [0.15, 0.2) is 0 Å². The number of hydrogen-bond acceptors (Lipinski definition) is 6. The van der Waals surface area contributed by atoms with Crippen LogP contribution in [0.25, 0.3) is 0 Å². The fraction of sp³-hybridized carbons (Fsp3) is 0.278. The maximum atomic E-state index is 12.4. The topological polar surface area (TPSA) is 117 Å². The molecule has 0 unspecified atom stereocenters. The van der Waals surface area contributed by atoms with Crippen LogP contribution in [0.4, 0.5) is 10.5 Å². The molecule has 0 aromatic heterocycles. The molecule has 0 atom stereocenters. The van der Waals surface area contributed by atoms with Crippen LogP contribution >= 0.6 is 0 Å². The number of nitrogens with zero attached hydrogens (tertiary/aromatic N) is 2. The summed E-state index contributed by atoms with van der Waals surface area (Å²) in [5.74, 6) is -0.173. The highest BCUT2D eigenvalue weighted by Crippen LogP contribution is 2.21. The van der Waals surface area contributed by atoms with Crippen LogP contribution < -0.4 is 15.4 Å². The van der Waals surface area contributed by atoms with E-state index in [4.69, 9.17) is 4.74 Å². The third-order valence-corrected chi connectivity index (χ3v) is 5.06. The van der Waals surface area contributed by atoms with Crippen LogP contribution in [0.1, 0.15) is 13.3 Å². The van der Waals surface area contributed by atoms with Gasteiger partial charge in [0, 0.05) is 31.0 Å². The van der Waals surface area contributed by atoms with Crippen LogP contribution in [0, 0.1) is 0 Å². The van der Waals surface area contributed by atoms with Gasteiger partial charge in [-0.3, -0.25) is 0 Å². The van der Waals surface area contributed by atoms with Crippen molar-refractivity contribution in [2.24, 2.45) is 4.40 Å². The van der Waals surface area contributed by atoms with Crippen molar-refractivity contribution in [2.75, 3.05) is 24.2 Å². The highest BCUT2D eigenvalue weighted by molar-refractivity contribution is 7.90. The molecular weight excluding hydrogens is 384 g/mol. The number of carbonyl (C=O) groups is 2. The Kier molecular flexibility index (Phi) is 5.78. The first-order valence-corrected chi connectivity index (χ1v) is 10.3. The standard InChI is InChI=1S/C18H20N4O5S/c1-2-8-19-18(24)20-14-4-3-5-15(11-14)27-17(23)13-6-7-16-21-28(25,26)10-9-22(16)12-13/h3-7,11-12H,2,8-10H2,1H3,(H2,19,20,24). The molecule has 10 heteroatoms. The summed E-state index contributed by atoms with van der Waals surface area (Å²) in [5, 5.41) is 5.35. The van der Waals surface area contributed by atoms with Crippen LogP contribution in [0.5, 0.6) is 5.75 Å². The molecule has 2 N–H and O–H groups in total. The first-order valence-electron chi connectivity index (χ1n) is 8.72. The summed E-state index contributed by atoms with van der Waals surface area (Å²) in [6.45, 7) is 2.73. The summed E-state index contributed by atoms with van der Waals surface area (Å²) >= 11 is 0. The van der Waals surface area contributed by atoms with Crippen molar-refractivity contribution >= 4 is 33.5 Å². The summed E-state index contributed by atoms with van der Waals surface area (Å²) in [7, 11) is -3.45. The number of esters is 1. The molecule has 148 valence electrons. The second-order valence-corrected chi connectivity index (χ2v) is 7.90. The van der Waals surface area contributed by atoms with Crippen molar-refractivity contribution in [1.82, 2.24) is 10.2 Å². The number of amides is 2. The maximum Gasteiger partial charge on any atom is 0.345 e. The lowest BCUT2D eigenvalue weighted by atomic mass is 10.2. The Morgan fingerprint density at radius 3 is 2.89 bits per heavy atom. The third kappa shape index (κ3) is 4.97. The van der Waals surface area contributed by atoms with Gasteiger partial charge < -0.3 is 20.3 Å². The van der Waals surface area contributed by atoms with Crippen molar-refractivity contribution in [1.29, 1.82) is 0 Å². The molecule has 0 spiro atoms. The average Bonchev–Trinajstić information content (AvgIpc) is 2.65. The van der Waals surface area contributed by atoms with Gasteiger partial charge in [-0.15, -0.1) is 4.40 Å². The normalized spacial score (nSPS) is 17.1. The van der Waals surface area contributed by atoms with Crippen molar-refractivity contribution in [2.45, 2.75) is 13.3 Å². The van der Waals surface area contributed by atoms with Crippen molar-refractivity contribution in [3.05, 3.63) is 48.2 Å². The highest BCUT2D eigenvalue weighted by atomic mass is 32.2. The Labute approximate surface area is 162 Å². The van der Waals surface area contributed by atoms with E-state index >= 15 is 0 Å². The van der Waals surface area contributed by atoms with Crippen molar-refractivity contribution in [3.63, 3.8) is 0 Å². The Hall–Kier alpha value is -3.14. The van der Waals surface area contributed by atoms with E-state index < -0.39 is 16.0 Å². The van der Waals surface area contributed by atoms with Gasteiger partial charge in [-0.2, -0.15) is 0 Å². The molecule has 9 nitrogen and oxygen atoms in total. The summed E-state index contributed by atoms with van der Waals surface area (Å²) < 4.78 is 32.1. The van der Waals surface area contributed by atoms with Crippen LogP contribution in [-0.2, 0) is 14.8 Å². The number of benzene rings is 1.